The highest BCUT2D eigenvalue weighted by Gasteiger charge is 2.08. The molecule has 0 spiro atoms. The van der Waals surface area contributed by atoms with Crippen molar-refractivity contribution in [1.82, 2.24) is 0 Å². The molecule has 3 nitrogen and oxygen atoms in total. The Bertz CT molecular complexity index is 296. The minimum absolute atomic E-state index is 0.0406. The maximum absolute atomic E-state index is 10.4. The number of carbonyl (C=O) groups is 1. The fourth-order valence-corrected chi connectivity index (χ4v) is 2.01. The average molecular weight is 199 g/mol. The monoisotopic (exact) mass is 199 g/mol. The van der Waals surface area contributed by atoms with Crippen molar-refractivity contribution < 1.29 is 9.90 Å². The largest absolute Gasteiger partial charge is 0.481 e. The van der Waals surface area contributed by atoms with Crippen molar-refractivity contribution in [2.24, 2.45) is 5.73 Å². The Morgan fingerprint density at radius 3 is 3.00 bits per heavy atom. The Balaban J connectivity index is 2.68. The predicted octanol–water partition coefficient (Wildman–Crippen LogP) is 1.79. The summed E-state index contributed by atoms with van der Waals surface area (Å²) >= 11 is 1.46. The van der Waals surface area contributed by atoms with Crippen molar-refractivity contribution in [3.63, 3.8) is 0 Å². The molecular formula is C9H13NO2S. The van der Waals surface area contributed by atoms with E-state index in [1.165, 1.54) is 11.3 Å². The van der Waals surface area contributed by atoms with Crippen LogP contribution in [-0.2, 0) is 11.2 Å². The molecule has 0 amide bonds. The van der Waals surface area contributed by atoms with E-state index in [-0.39, 0.29) is 12.5 Å². The van der Waals surface area contributed by atoms with Gasteiger partial charge in [-0.25, -0.2) is 0 Å². The van der Waals surface area contributed by atoms with Crippen molar-refractivity contribution in [2.75, 3.05) is 0 Å². The number of carboxylic acids is 1. The first-order valence-corrected chi connectivity index (χ1v) is 5.06. The van der Waals surface area contributed by atoms with Gasteiger partial charge in [0.15, 0.2) is 0 Å². The summed E-state index contributed by atoms with van der Waals surface area (Å²) in [5, 5.41) is 10.5. The van der Waals surface area contributed by atoms with E-state index < -0.39 is 5.97 Å². The molecule has 4 heteroatoms. The van der Waals surface area contributed by atoms with Crippen molar-refractivity contribution in [3.05, 3.63) is 21.9 Å². The summed E-state index contributed by atoms with van der Waals surface area (Å²) < 4.78 is 0. The quantitative estimate of drug-likeness (QED) is 0.777. The van der Waals surface area contributed by atoms with Gasteiger partial charge in [0.25, 0.3) is 0 Å². The molecule has 0 aromatic carbocycles. The number of rotatable bonds is 4. The maximum Gasteiger partial charge on any atom is 0.308 e. The van der Waals surface area contributed by atoms with Crippen LogP contribution in [0.5, 0.6) is 0 Å². The summed E-state index contributed by atoms with van der Waals surface area (Å²) in [5.74, 6) is -0.793. The first kappa shape index (κ1) is 10.2. The molecular weight excluding hydrogens is 186 g/mol. The van der Waals surface area contributed by atoms with Crippen LogP contribution in [0.1, 0.15) is 29.8 Å². The van der Waals surface area contributed by atoms with Gasteiger partial charge >= 0.3 is 5.97 Å². The molecule has 0 fully saturated rings. The van der Waals surface area contributed by atoms with Gasteiger partial charge in [-0.15, -0.1) is 11.3 Å². The van der Waals surface area contributed by atoms with Crippen LogP contribution in [0.3, 0.4) is 0 Å². The molecule has 0 radical (unpaired) electrons. The highest BCUT2D eigenvalue weighted by atomic mass is 32.1. The first-order chi connectivity index (χ1) is 6.13. The van der Waals surface area contributed by atoms with Crippen molar-refractivity contribution in [3.8, 4) is 0 Å². The second-order valence-corrected chi connectivity index (χ2v) is 3.93. The van der Waals surface area contributed by atoms with Crippen molar-refractivity contribution >= 4 is 17.3 Å². The van der Waals surface area contributed by atoms with Gasteiger partial charge < -0.3 is 10.8 Å². The van der Waals surface area contributed by atoms with Crippen LogP contribution in [0.15, 0.2) is 11.4 Å². The lowest BCUT2D eigenvalue weighted by Crippen LogP contribution is -2.07. The number of aliphatic carboxylic acids is 1. The number of carboxylic acid groups (broad SMARTS) is 1. The molecule has 13 heavy (non-hydrogen) atoms. The molecule has 0 aliphatic heterocycles. The van der Waals surface area contributed by atoms with Crippen LogP contribution in [0.25, 0.3) is 0 Å². The Morgan fingerprint density at radius 1 is 1.77 bits per heavy atom. The van der Waals surface area contributed by atoms with E-state index in [0.29, 0.717) is 0 Å². The summed E-state index contributed by atoms with van der Waals surface area (Å²) in [4.78, 5) is 11.3. The van der Waals surface area contributed by atoms with Crippen molar-refractivity contribution in [2.45, 2.75) is 25.8 Å². The van der Waals surface area contributed by atoms with E-state index in [9.17, 15) is 4.79 Å². The summed E-state index contributed by atoms with van der Waals surface area (Å²) in [6, 6.07) is 1.92. The Labute approximate surface area is 81.2 Å². The van der Waals surface area contributed by atoms with Gasteiger partial charge in [-0.2, -0.15) is 0 Å². The standard InChI is InChI=1S/C9H13NO2S/c1-2-8(10)6-3-7(13-5-6)4-9(11)12/h3,5,8H,2,4,10H2,1H3,(H,11,12)/t8-/m1/s1. The zero-order valence-electron chi connectivity index (χ0n) is 7.49. The van der Waals surface area contributed by atoms with E-state index in [2.05, 4.69) is 0 Å². The third kappa shape index (κ3) is 2.82. The fourth-order valence-electron chi connectivity index (χ4n) is 1.07. The lowest BCUT2D eigenvalue weighted by Gasteiger charge is -2.03. The molecule has 1 aromatic rings. The molecule has 1 heterocycles. The maximum atomic E-state index is 10.4. The molecule has 0 bridgehead atoms. The molecule has 1 aromatic heterocycles. The van der Waals surface area contributed by atoms with Gasteiger partial charge in [0.1, 0.15) is 0 Å². The second kappa shape index (κ2) is 4.39. The van der Waals surface area contributed by atoms with Crippen LogP contribution < -0.4 is 5.73 Å². The zero-order chi connectivity index (χ0) is 9.84. The minimum atomic E-state index is -0.793. The van der Waals surface area contributed by atoms with Crippen LogP contribution in [0.4, 0.5) is 0 Å². The summed E-state index contributed by atoms with van der Waals surface area (Å²) in [6.45, 7) is 2.01. The average Bonchev–Trinajstić information content (AvgIpc) is 2.50. The smallest absolute Gasteiger partial charge is 0.308 e. The van der Waals surface area contributed by atoms with Gasteiger partial charge in [0.05, 0.1) is 6.42 Å². The fraction of sp³-hybridized carbons (Fsp3) is 0.444. The third-order valence-corrected chi connectivity index (χ3v) is 2.82. The normalized spacial score (nSPS) is 12.8. The minimum Gasteiger partial charge on any atom is -0.481 e. The first-order valence-electron chi connectivity index (χ1n) is 4.18. The van der Waals surface area contributed by atoms with Crippen LogP contribution in [0, 0.1) is 0 Å². The van der Waals surface area contributed by atoms with Crippen LogP contribution in [-0.4, -0.2) is 11.1 Å². The number of thiophene rings is 1. The molecule has 0 saturated heterocycles. The van der Waals surface area contributed by atoms with Crippen LogP contribution >= 0.6 is 11.3 Å². The Kier molecular flexibility index (Phi) is 3.45. The Morgan fingerprint density at radius 2 is 2.46 bits per heavy atom. The van der Waals surface area contributed by atoms with E-state index in [1.54, 1.807) is 0 Å². The van der Waals surface area contributed by atoms with Crippen molar-refractivity contribution in [1.29, 1.82) is 0 Å². The molecule has 1 rings (SSSR count). The molecule has 0 aliphatic rings. The highest BCUT2D eigenvalue weighted by molar-refractivity contribution is 7.10. The van der Waals surface area contributed by atoms with Gasteiger partial charge in [-0.05, 0) is 23.4 Å². The van der Waals surface area contributed by atoms with E-state index >= 15 is 0 Å². The number of hydrogen-bond donors (Lipinski definition) is 2. The predicted molar refractivity (Wildman–Crippen MR) is 52.9 cm³/mol. The molecule has 0 saturated carbocycles. The SMILES string of the molecule is CC[C@@H](N)c1csc(CC(=O)O)c1. The second-order valence-electron chi connectivity index (χ2n) is 2.93. The molecule has 1 atom stereocenters. The van der Waals surface area contributed by atoms with E-state index in [4.69, 9.17) is 10.8 Å². The highest BCUT2D eigenvalue weighted by Crippen LogP contribution is 2.21. The Hall–Kier alpha value is -0.870. The summed E-state index contributed by atoms with van der Waals surface area (Å²) in [6.07, 6.45) is 0.977. The molecule has 72 valence electrons. The number of nitrogens with two attached hydrogens (primary N) is 1. The summed E-state index contributed by atoms with van der Waals surface area (Å²) in [5.41, 5.74) is 6.84. The molecule has 0 aliphatic carbocycles. The van der Waals surface area contributed by atoms with Crippen LogP contribution in [0.2, 0.25) is 0 Å². The zero-order valence-corrected chi connectivity index (χ0v) is 8.30. The van der Waals surface area contributed by atoms with Gasteiger partial charge in [-0.1, -0.05) is 6.92 Å². The number of hydrogen-bond acceptors (Lipinski definition) is 3. The lowest BCUT2D eigenvalue weighted by atomic mass is 10.1. The third-order valence-electron chi connectivity index (χ3n) is 1.87. The van der Waals surface area contributed by atoms with Gasteiger partial charge in [0.2, 0.25) is 0 Å². The van der Waals surface area contributed by atoms with E-state index in [1.807, 2.05) is 18.4 Å². The van der Waals surface area contributed by atoms with E-state index in [0.717, 1.165) is 16.9 Å². The van der Waals surface area contributed by atoms with Gasteiger partial charge in [-0.3, -0.25) is 4.79 Å². The lowest BCUT2D eigenvalue weighted by molar-refractivity contribution is -0.136. The summed E-state index contributed by atoms with van der Waals surface area (Å²) in [7, 11) is 0. The molecule has 0 unspecified atom stereocenters. The van der Waals surface area contributed by atoms with Gasteiger partial charge in [0, 0.05) is 10.9 Å². The molecule has 3 N–H and O–H groups in total. The topological polar surface area (TPSA) is 63.3 Å².